The Morgan fingerprint density at radius 3 is 2.62 bits per heavy atom. The number of nitrogens with zero attached hydrogens (tertiary/aromatic N) is 3. The molecule has 0 amide bonds. The highest BCUT2D eigenvalue weighted by molar-refractivity contribution is 5.70. The molecule has 0 bridgehead atoms. The van der Waals surface area contributed by atoms with Crippen molar-refractivity contribution in [3.63, 3.8) is 0 Å². The Bertz CT molecular complexity index is 888. The van der Waals surface area contributed by atoms with Gasteiger partial charge in [0.25, 0.3) is 0 Å². The van der Waals surface area contributed by atoms with Crippen molar-refractivity contribution in [3.05, 3.63) is 71.5 Å². The molecule has 1 aliphatic heterocycles. The summed E-state index contributed by atoms with van der Waals surface area (Å²) in [5.74, 6) is 2.55. The molecule has 0 atom stereocenters. The van der Waals surface area contributed by atoms with Gasteiger partial charge in [-0.15, -0.1) is 0 Å². The minimum Gasteiger partial charge on any atom is -0.340 e. The van der Waals surface area contributed by atoms with E-state index >= 15 is 0 Å². The van der Waals surface area contributed by atoms with Gasteiger partial charge in [-0.25, -0.2) is 9.97 Å². The van der Waals surface area contributed by atoms with E-state index < -0.39 is 0 Å². The number of para-hydroxylation sites is 2. The third-order valence-electron chi connectivity index (χ3n) is 4.40. The summed E-state index contributed by atoms with van der Waals surface area (Å²) in [6.07, 6.45) is 1.06. The van der Waals surface area contributed by atoms with E-state index in [9.17, 15) is 0 Å². The highest BCUT2D eigenvalue weighted by Gasteiger charge is 2.21. The molecule has 0 radical (unpaired) electrons. The zero-order chi connectivity index (χ0) is 16.5. The van der Waals surface area contributed by atoms with Gasteiger partial charge >= 0.3 is 0 Å². The van der Waals surface area contributed by atoms with Crippen LogP contribution >= 0.6 is 0 Å². The second-order valence-corrected chi connectivity index (χ2v) is 6.13. The predicted octanol–water partition coefficient (Wildman–Crippen LogP) is 4.53. The Morgan fingerprint density at radius 2 is 1.75 bits per heavy atom. The number of aromatic nitrogens is 2. The number of hydrogen-bond donors (Lipinski definition) is 1. The summed E-state index contributed by atoms with van der Waals surface area (Å²) in [6.45, 7) is 4.99. The van der Waals surface area contributed by atoms with Crippen LogP contribution < -0.4 is 10.2 Å². The monoisotopic (exact) mass is 316 g/mol. The standard InChI is InChI=1S/C20H20N4/c1-14-7-3-5-9-17(14)23-19-13-20(22-15(2)21-19)24-12-11-16-8-4-6-10-18(16)24/h3-10,13H,11-12H2,1-2H3,(H,21,22,23). The van der Waals surface area contributed by atoms with Crippen molar-refractivity contribution in [2.24, 2.45) is 0 Å². The lowest BCUT2D eigenvalue weighted by molar-refractivity contribution is 0.946. The fraction of sp³-hybridized carbons (Fsp3) is 0.200. The molecule has 120 valence electrons. The lowest BCUT2D eigenvalue weighted by Gasteiger charge is -2.20. The Morgan fingerprint density at radius 1 is 0.958 bits per heavy atom. The van der Waals surface area contributed by atoms with Crippen LogP contribution in [0.5, 0.6) is 0 Å². The van der Waals surface area contributed by atoms with Gasteiger partial charge in [0.15, 0.2) is 0 Å². The van der Waals surface area contributed by atoms with Crippen LogP contribution in [0.1, 0.15) is 17.0 Å². The minimum absolute atomic E-state index is 0.771. The minimum atomic E-state index is 0.771. The molecule has 2 heterocycles. The van der Waals surface area contributed by atoms with E-state index in [4.69, 9.17) is 0 Å². The quantitative estimate of drug-likeness (QED) is 0.770. The fourth-order valence-corrected chi connectivity index (χ4v) is 3.18. The lowest BCUT2D eigenvalue weighted by atomic mass is 10.2. The molecule has 4 heteroatoms. The molecule has 0 saturated heterocycles. The van der Waals surface area contributed by atoms with Crippen LogP contribution in [-0.4, -0.2) is 16.5 Å². The largest absolute Gasteiger partial charge is 0.340 e. The van der Waals surface area contributed by atoms with Crippen LogP contribution in [0.3, 0.4) is 0 Å². The van der Waals surface area contributed by atoms with Crippen LogP contribution in [0, 0.1) is 13.8 Å². The first kappa shape index (κ1) is 14.7. The second-order valence-electron chi connectivity index (χ2n) is 6.13. The summed E-state index contributed by atoms with van der Waals surface area (Å²) in [6, 6.07) is 18.8. The molecular weight excluding hydrogens is 296 g/mol. The molecule has 0 spiro atoms. The maximum Gasteiger partial charge on any atom is 0.138 e. The van der Waals surface area contributed by atoms with E-state index in [0.29, 0.717) is 0 Å². The Hall–Kier alpha value is -2.88. The number of hydrogen-bond acceptors (Lipinski definition) is 4. The number of fused-ring (bicyclic) bond motifs is 1. The van der Waals surface area contributed by atoms with Crippen LogP contribution in [0.4, 0.5) is 23.0 Å². The van der Waals surface area contributed by atoms with Crippen molar-refractivity contribution < 1.29 is 0 Å². The van der Waals surface area contributed by atoms with Gasteiger partial charge in [0.2, 0.25) is 0 Å². The summed E-state index contributed by atoms with van der Waals surface area (Å²) in [5, 5.41) is 3.42. The zero-order valence-electron chi connectivity index (χ0n) is 14.0. The van der Waals surface area contributed by atoms with Crippen molar-refractivity contribution in [3.8, 4) is 0 Å². The van der Waals surface area contributed by atoms with Crippen LogP contribution in [-0.2, 0) is 6.42 Å². The van der Waals surface area contributed by atoms with Gasteiger partial charge in [-0.2, -0.15) is 0 Å². The topological polar surface area (TPSA) is 41.1 Å². The zero-order valence-corrected chi connectivity index (χ0v) is 14.0. The number of aryl methyl sites for hydroxylation is 2. The molecule has 1 N–H and O–H groups in total. The van der Waals surface area contributed by atoms with E-state index in [1.54, 1.807) is 0 Å². The normalized spacial score (nSPS) is 13.0. The highest BCUT2D eigenvalue weighted by atomic mass is 15.2. The molecule has 24 heavy (non-hydrogen) atoms. The number of anilines is 4. The van der Waals surface area contributed by atoms with Crippen molar-refractivity contribution >= 4 is 23.0 Å². The first-order chi connectivity index (χ1) is 11.7. The van der Waals surface area contributed by atoms with Crippen molar-refractivity contribution in [2.75, 3.05) is 16.8 Å². The van der Waals surface area contributed by atoms with E-state index in [2.05, 4.69) is 63.5 Å². The number of nitrogens with one attached hydrogen (secondary N) is 1. The van der Waals surface area contributed by atoms with Crippen molar-refractivity contribution in [1.29, 1.82) is 0 Å². The first-order valence-electron chi connectivity index (χ1n) is 8.24. The fourth-order valence-electron chi connectivity index (χ4n) is 3.18. The Balaban J connectivity index is 1.69. The third-order valence-corrected chi connectivity index (χ3v) is 4.40. The number of benzene rings is 2. The second kappa shape index (κ2) is 5.96. The van der Waals surface area contributed by atoms with Gasteiger partial charge in [0.05, 0.1) is 0 Å². The van der Waals surface area contributed by atoms with Gasteiger partial charge < -0.3 is 10.2 Å². The average molecular weight is 316 g/mol. The van der Waals surface area contributed by atoms with Crippen LogP contribution in [0.2, 0.25) is 0 Å². The van der Waals surface area contributed by atoms with Gasteiger partial charge in [-0.05, 0) is 43.5 Å². The smallest absolute Gasteiger partial charge is 0.138 e. The molecule has 1 aliphatic rings. The van der Waals surface area contributed by atoms with Gasteiger partial charge in [0.1, 0.15) is 17.5 Å². The Labute approximate surface area is 142 Å². The van der Waals surface area contributed by atoms with Crippen molar-refractivity contribution in [2.45, 2.75) is 20.3 Å². The lowest BCUT2D eigenvalue weighted by Crippen LogP contribution is -2.16. The van der Waals surface area contributed by atoms with E-state index in [1.165, 1.54) is 16.8 Å². The summed E-state index contributed by atoms with van der Waals surface area (Å²) >= 11 is 0. The maximum atomic E-state index is 4.65. The Kier molecular flexibility index (Phi) is 3.65. The summed E-state index contributed by atoms with van der Waals surface area (Å²) in [5.41, 5.74) is 4.89. The van der Waals surface area contributed by atoms with Crippen LogP contribution in [0.15, 0.2) is 54.6 Å². The molecule has 1 aromatic heterocycles. The summed E-state index contributed by atoms with van der Waals surface area (Å²) in [7, 11) is 0. The molecular formula is C20H20N4. The summed E-state index contributed by atoms with van der Waals surface area (Å²) in [4.78, 5) is 11.5. The van der Waals surface area contributed by atoms with Gasteiger partial charge in [0, 0.05) is 24.0 Å². The highest BCUT2D eigenvalue weighted by Crippen LogP contribution is 2.34. The molecule has 0 fully saturated rings. The van der Waals surface area contributed by atoms with E-state index in [1.807, 2.05) is 25.1 Å². The van der Waals surface area contributed by atoms with Crippen LogP contribution in [0.25, 0.3) is 0 Å². The molecule has 3 aromatic rings. The predicted molar refractivity (Wildman–Crippen MR) is 98.4 cm³/mol. The SMILES string of the molecule is Cc1nc(Nc2ccccc2C)cc(N2CCc3ccccc32)n1. The molecule has 0 saturated carbocycles. The van der Waals surface area contributed by atoms with Crippen molar-refractivity contribution in [1.82, 2.24) is 9.97 Å². The molecule has 4 nitrogen and oxygen atoms in total. The molecule has 0 aliphatic carbocycles. The molecule has 2 aromatic carbocycles. The van der Waals surface area contributed by atoms with Gasteiger partial charge in [-0.1, -0.05) is 36.4 Å². The van der Waals surface area contributed by atoms with E-state index in [-0.39, 0.29) is 0 Å². The van der Waals surface area contributed by atoms with E-state index in [0.717, 1.165) is 36.1 Å². The number of rotatable bonds is 3. The third kappa shape index (κ3) is 2.71. The molecule has 4 rings (SSSR count). The molecule has 0 unspecified atom stereocenters. The van der Waals surface area contributed by atoms with Gasteiger partial charge in [-0.3, -0.25) is 0 Å². The first-order valence-corrected chi connectivity index (χ1v) is 8.24. The maximum absolute atomic E-state index is 4.65. The average Bonchev–Trinajstić information content (AvgIpc) is 3.01. The summed E-state index contributed by atoms with van der Waals surface area (Å²) < 4.78 is 0.